The van der Waals surface area contributed by atoms with E-state index in [0.717, 1.165) is 11.1 Å². The molecule has 1 aromatic rings. The van der Waals surface area contributed by atoms with E-state index in [1.807, 2.05) is 24.3 Å². The molecule has 1 aromatic carbocycles. The second-order valence-electron chi connectivity index (χ2n) is 4.17. The van der Waals surface area contributed by atoms with Crippen molar-refractivity contribution in [2.24, 2.45) is 5.92 Å². The molecule has 0 saturated carbocycles. The molecular formula is C13H12N2O2. The molecule has 4 nitrogen and oxygen atoms in total. The van der Waals surface area contributed by atoms with E-state index in [0.29, 0.717) is 12.8 Å². The van der Waals surface area contributed by atoms with E-state index < -0.39 is 0 Å². The first-order valence-electron chi connectivity index (χ1n) is 5.47. The summed E-state index contributed by atoms with van der Waals surface area (Å²) in [6.07, 6.45) is 1.24. The highest BCUT2D eigenvalue weighted by molar-refractivity contribution is 6.03. The van der Waals surface area contributed by atoms with Crippen molar-refractivity contribution in [3.05, 3.63) is 35.4 Å². The predicted molar refractivity (Wildman–Crippen MR) is 60.7 cm³/mol. The molecule has 17 heavy (non-hydrogen) atoms. The van der Waals surface area contributed by atoms with Crippen LogP contribution >= 0.6 is 0 Å². The Morgan fingerprint density at radius 2 is 1.88 bits per heavy atom. The van der Waals surface area contributed by atoms with E-state index in [-0.39, 0.29) is 24.2 Å². The van der Waals surface area contributed by atoms with Crippen LogP contribution in [0.15, 0.2) is 24.3 Å². The fourth-order valence-corrected chi connectivity index (χ4v) is 1.94. The summed E-state index contributed by atoms with van der Waals surface area (Å²) < 4.78 is 0. The number of nitrogens with zero attached hydrogens (tertiary/aromatic N) is 1. The van der Waals surface area contributed by atoms with Crippen molar-refractivity contribution in [3.63, 3.8) is 0 Å². The number of hydrogen-bond acceptors (Lipinski definition) is 3. The molecule has 0 aliphatic carbocycles. The molecule has 1 heterocycles. The average Bonchev–Trinajstić information content (AvgIpc) is 2.61. The Kier molecular flexibility index (Phi) is 3.20. The largest absolute Gasteiger partial charge is 0.296 e. The maximum atomic E-state index is 11.4. The van der Waals surface area contributed by atoms with Gasteiger partial charge in [0.15, 0.2) is 0 Å². The van der Waals surface area contributed by atoms with Crippen molar-refractivity contribution in [2.75, 3.05) is 0 Å². The Balaban J connectivity index is 2.02. The second-order valence-corrected chi connectivity index (χ2v) is 4.17. The van der Waals surface area contributed by atoms with Crippen molar-refractivity contribution >= 4 is 11.8 Å². The number of carbonyl (C=O) groups is 2. The maximum Gasteiger partial charge on any atom is 0.230 e. The normalized spacial score (nSPS) is 18.9. The lowest BCUT2D eigenvalue weighted by atomic mass is 9.97. The monoisotopic (exact) mass is 228 g/mol. The van der Waals surface area contributed by atoms with Crippen molar-refractivity contribution < 1.29 is 9.59 Å². The summed E-state index contributed by atoms with van der Waals surface area (Å²) >= 11 is 0. The third-order valence-electron chi connectivity index (χ3n) is 2.85. The number of nitrogens with one attached hydrogen (secondary N) is 1. The van der Waals surface area contributed by atoms with Crippen molar-refractivity contribution in [1.29, 1.82) is 5.26 Å². The van der Waals surface area contributed by atoms with E-state index in [4.69, 9.17) is 5.26 Å². The van der Waals surface area contributed by atoms with Crippen LogP contribution in [0.2, 0.25) is 0 Å². The third kappa shape index (κ3) is 2.70. The Morgan fingerprint density at radius 3 is 2.41 bits per heavy atom. The Morgan fingerprint density at radius 1 is 1.24 bits per heavy atom. The zero-order valence-corrected chi connectivity index (χ0v) is 9.27. The first-order chi connectivity index (χ1) is 8.19. The highest BCUT2D eigenvalue weighted by atomic mass is 16.2. The quantitative estimate of drug-likeness (QED) is 0.783. The lowest BCUT2D eigenvalue weighted by molar-refractivity contribution is -0.125. The van der Waals surface area contributed by atoms with Crippen LogP contribution in [0.4, 0.5) is 0 Å². The number of amides is 2. The van der Waals surface area contributed by atoms with Crippen molar-refractivity contribution in [3.8, 4) is 6.07 Å². The second kappa shape index (κ2) is 4.79. The Bertz CT molecular complexity index is 485. The van der Waals surface area contributed by atoms with Crippen molar-refractivity contribution in [1.82, 2.24) is 5.32 Å². The molecule has 2 amide bonds. The smallest absolute Gasteiger partial charge is 0.230 e. The van der Waals surface area contributed by atoms with Gasteiger partial charge in [-0.15, -0.1) is 0 Å². The van der Waals surface area contributed by atoms with Gasteiger partial charge in [0.1, 0.15) is 0 Å². The molecule has 1 fully saturated rings. The molecule has 1 aliphatic rings. The van der Waals surface area contributed by atoms with E-state index in [1.54, 1.807) is 0 Å². The molecular weight excluding hydrogens is 216 g/mol. The number of imide groups is 1. The minimum Gasteiger partial charge on any atom is -0.296 e. The van der Waals surface area contributed by atoms with Gasteiger partial charge in [-0.3, -0.25) is 14.9 Å². The first kappa shape index (κ1) is 11.3. The van der Waals surface area contributed by atoms with Crippen LogP contribution in [0.5, 0.6) is 0 Å². The number of nitriles is 1. The lowest BCUT2D eigenvalue weighted by Gasteiger charge is -2.06. The minimum absolute atomic E-state index is 0.184. The van der Waals surface area contributed by atoms with Gasteiger partial charge in [0.05, 0.1) is 18.4 Å². The minimum atomic E-state index is -0.246. The number of rotatable bonds is 3. The van der Waals surface area contributed by atoms with Crippen LogP contribution < -0.4 is 5.32 Å². The predicted octanol–water partition coefficient (Wildman–Crippen LogP) is 0.958. The lowest BCUT2D eigenvalue weighted by Crippen LogP contribution is -2.22. The van der Waals surface area contributed by atoms with Crippen LogP contribution in [-0.2, 0) is 22.4 Å². The zero-order chi connectivity index (χ0) is 12.3. The molecule has 0 bridgehead atoms. The number of carbonyl (C=O) groups excluding carboxylic acids is 2. The molecule has 1 aliphatic heterocycles. The first-order valence-corrected chi connectivity index (χ1v) is 5.47. The van der Waals surface area contributed by atoms with Gasteiger partial charge in [0.2, 0.25) is 11.8 Å². The van der Waals surface area contributed by atoms with Crippen LogP contribution in [-0.4, -0.2) is 11.8 Å². The molecule has 1 unspecified atom stereocenters. The standard InChI is InChI=1S/C13H12N2O2/c14-6-5-9-1-3-10(4-2-9)7-11-8-12(16)15-13(11)17/h1-4,11H,5,7-8H2,(H,15,16,17). The van der Waals surface area contributed by atoms with Gasteiger partial charge in [0.25, 0.3) is 0 Å². The van der Waals surface area contributed by atoms with E-state index in [1.165, 1.54) is 0 Å². The molecule has 1 atom stereocenters. The van der Waals surface area contributed by atoms with Gasteiger partial charge in [-0.25, -0.2) is 0 Å². The van der Waals surface area contributed by atoms with Crippen LogP contribution in [0, 0.1) is 17.2 Å². The fraction of sp³-hybridized carbons (Fsp3) is 0.308. The molecule has 0 aromatic heterocycles. The molecule has 1 N–H and O–H groups in total. The van der Waals surface area contributed by atoms with Gasteiger partial charge >= 0.3 is 0 Å². The maximum absolute atomic E-state index is 11.4. The molecule has 4 heteroatoms. The molecule has 86 valence electrons. The summed E-state index contributed by atoms with van der Waals surface area (Å²) in [5.74, 6) is -0.624. The van der Waals surface area contributed by atoms with Gasteiger partial charge in [-0.1, -0.05) is 24.3 Å². The third-order valence-corrected chi connectivity index (χ3v) is 2.85. The van der Waals surface area contributed by atoms with E-state index in [2.05, 4.69) is 11.4 Å². The van der Waals surface area contributed by atoms with E-state index >= 15 is 0 Å². The summed E-state index contributed by atoms with van der Waals surface area (Å²) in [4.78, 5) is 22.4. The summed E-state index contributed by atoms with van der Waals surface area (Å²) in [5, 5.41) is 10.8. The molecule has 0 spiro atoms. The highest BCUT2D eigenvalue weighted by Gasteiger charge is 2.30. The molecule has 0 radical (unpaired) electrons. The van der Waals surface area contributed by atoms with E-state index in [9.17, 15) is 9.59 Å². The zero-order valence-electron chi connectivity index (χ0n) is 9.27. The van der Waals surface area contributed by atoms with Crippen LogP contribution in [0.3, 0.4) is 0 Å². The topological polar surface area (TPSA) is 70.0 Å². The average molecular weight is 228 g/mol. The van der Waals surface area contributed by atoms with Gasteiger partial charge in [-0.2, -0.15) is 5.26 Å². The number of hydrogen-bond donors (Lipinski definition) is 1. The van der Waals surface area contributed by atoms with Crippen LogP contribution in [0.1, 0.15) is 17.5 Å². The van der Waals surface area contributed by atoms with Gasteiger partial charge in [0, 0.05) is 6.42 Å². The summed E-state index contributed by atoms with van der Waals surface area (Å²) in [5.41, 5.74) is 1.98. The highest BCUT2D eigenvalue weighted by Crippen LogP contribution is 2.17. The Labute approximate surface area is 99.2 Å². The number of benzene rings is 1. The van der Waals surface area contributed by atoms with Gasteiger partial charge < -0.3 is 0 Å². The molecule has 2 rings (SSSR count). The molecule has 1 saturated heterocycles. The van der Waals surface area contributed by atoms with Crippen molar-refractivity contribution in [2.45, 2.75) is 19.3 Å². The summed E-state index contributed by atoms with van der Waals surface area (Å²) in [6.45, 7) is 0. The van der Waals surface area contributed by atoms with Crippen LogP contribution in [0.25, 0.3) is 0 Å². The Hall–Kier alpha value is -2.15. The summed E-state index contributed by atoms with van der Waals surface area (Å²) in [6, 6.07) is 9.66. The summed E-state index contributed by atoms with van der Waals surface area (Å²) in [7, 11) is 0. The van der Waals surface area contributed by atoms with Gasteiger partial charge in [-0.05, 0) is 17.5 Å². The fourth-order valence-electron chi connectivity index (χ4n) is 1.94. The SMILES string of the molecule is N#CCc1ccc(CC2CC(=O)NC2=O)cc1.